The van der Waals surface area contributed by atoms with Crippen molar-refractivity contribution >= 4 is 43.5 Å². The van der Waals surface area contributed by atoms with Gasteiger partial charge in [-0.2, -0.15) is 0 Å². The average molecular weight is 477 g/mol. The van der Waals surface area contributed by atoms with Gasteiger partial charge in [-0.3, -0.25) is 14.9 Å². The number of hydrogen-bond donors (Lipinski definition) is 0. The van der Waals surface area contributed by atoms with Gasteiger partial charge in [-0.15, -0.1) is 0 Å². The average Bonchev–Trinajstić information content (AvgIpc) is 2.60. The number of aryl methyl sites for hydroxylation is 1. The van der Waals surface area contributed by atoms with Gasteiger partial charge < -0.3 is 9.47 Å². The molecule has 2 aromatic rings. The molecule has 0 aliphatic heterocycles. The Balaban J connectivity index is 2.25. The second-order valence-corrected chi connectivity index (χ2v) is 6.55. The molecule has 0 aliphatic rings. The van der Waals surface area contributed by atoms with E-state index in [2.05, 4.69) is 36.6 Å². The summed E-state index contributed by atoms with van der Waals surface area (Å²) < 4.78 is 25.2. The number of nitro groups is 1. The van der Waals surface area contributed by atoms with Crippen LogP contribution < -0.4 is 4.74 Å². The van der Waals surface area contributed by atoms with Crippen LogP contribution in [0.2, 0.25) is 0 Å². The normalized spacial score (nSPS) is 10.4. The number of carbonyl (C=O) groups is 1. The van der Waals surface area contributed by atoms with E-state index in [1.54, 1.807) is 0 Å². The van der Waals surface area contributed by atoms with Crippen LogP contribution in [0.1, 0.15) is 12.0 Å². The van der Waals surface area contributed by atoms with E-state index in [1.807, 2.05) is 0 Å². The van der Waals surface area contributed by atoms with Gasteiger partial charge in [-0.1, -0.05) is 0 Å². The van der Waals surface area contributed by atoms with Gasteiger partial charge in [0.25, 0.3) is 5.69 Å². The minimum Gasteiger partial charge on any atom is -0.469 e. The molecule has 6 nitrogen and oxygen atoms in total. The molecule has 0 fully saturated rings. The predicted octanol–water partition coefficient (Wildman–Crippen LogP) is 5.16. The minimum atomic E-state index is -0.552. The first-order valence-corrected chi connectivity index (χ1v) is 8.57. The van der Waals surface area contributed by atoms with Crippen LogP contribution >= 0.6 is 31.9 Å². The summed E-state index contributed by atoms with van der Waals surface area (Å²) in [5.74, 6) is -0.483. The van der Waals surface area contributed by atoms with Gasteiger partial charge in [-0.05, 0) is 62.0 Å². The van der Waals surface area contributed by atoms with Crippen LogP contribution in [0.5, 0.6) is 11.5 Å². The van der Waals surface area contributed by atoms with Crippen LogP contribution in [0, 0.1) is 15.9 Å². The molecule has 25 heavy (non-hydrogen) atoms. The van der Waals surface area contributed by atoms with Gasteiger partial charge in [-0.25, -0.2) is 4.39 Å². The van der Waals surface area contributed by atoms with Gasteiger partial charge in [0.05, 0.1) is 21.0 Å². The summed E-state index contributed by atoms with van der Waals surface area (Å²) in [5.41, 5.74) is 0.245. The van der Waals surface area contributed by atoms with Crippen molar-refractivity contribution in [2.24, 2.45) is 0 Å². The lowest BCUT2D eigenvalue weighted by atomic mass is 10.1. The number of nitrogens with zero attached hydrogens (tertiary/aromatic N) is 1. The van der Waals surface area contributed by atoms with Gasteiger partial charge in [0.2, 0.25) is 0 Å². The van der Waals surface area contributed by atoms with Crippen molar-refractivity contribution < 1.29 is 23.6 Å². The van der Waals surface area contributed by atoms with Gasteiger partial charge in [0.1, 0.15) is 11.6 Å². The Morgan fingerprint density at radius 1 is 1.28 bits per heavy atom. The summed E-state index contributed by atoms with van der Waals surface area (Å²) in [7, 11) is 1.27. The number of hydrogen-bond acceptors (Lipinski definition) is 5. The molecule has 0 saturated carbocycles. The highest BCUT2D eigenvalue weighted by Crippen LogP contribution is 2.40. The number of methoxy groups -OCH3 is 1. The van der Waals surface area contributed by atoms with E-state index < -0.39 is 16.7 Å². The van der Waals surface area contributed by atoms with E-state index in [-0.39, 0.29) is 28.8 Å². The van der Waals surface area contributed by atoms with Gasteiger partial charge in [0, 0.05) is 18.6 Å². The lowest BCUT2D eigenvalue weighted by Crippen LogP contribution is -2.04. The van der Waals surface area contributed by atoms with Crippen molar-refractivity contribution in [3.63, 3.8) is 0 Å². The first-order valence-electron chi connectivity index (χ1n) is 6.99. The maximum atomic E-state index is 14.5. The molecule has 0 atom stereocenters. The fraction of sp³-hybridized carbons (Fsp3) is 0.188. The first kappa shape index (κ1) is 19.3. The number of halogens is 3. The summed E-state index contributed by atoms with van der Waals surface area (Å²) in [5, 5.41) is 10.7. The Bertz CT molecular complexity index is 811. The molecule has 2 aromatic carbocycles. The van der Waals surface area contributed by atoms with Crippen LogP contribution in [-0.4, -0.2) is 18.0 Å². The van der Waals surface area contributed by atoms with Crippen LogP contribution in [0.25, 0.3) is 0 Å². The third kappa shape index (κ3) is 4.76. The third-order valence-corrected chi connectivity index (χ3v) is 4.58. The quantitative estimate of drug-likeness (QED) is 0.249. The largest absolute Gasteiger partial charge is 0.469 e. The van der Waals surface area contributed by atoms with E-state index in [4.69, 9.17) is 4.74 Å². The highest BCUT2D eigenvalue weighted by Gasteiger charge is 2.18. The molecule has 0 bridgehead atoms. The van der Waals surface area contributed by atoms with Crippen molar-refractivity contribution in [3.8, 4) is 11.5 Å². The molecule has 0 aliphatic carbocycles. The lowest BCUT2D eigenvalue weighted by Gasteiger charge is -2.13. The van der Waals surface area contributed by atoms with Crippen molar-refractivity contribution in [2.45, 2.75) is 12.8 Å². The fourth-order valence-corrected chi connectivity index (χ4v) is 3.37. The van der Waals surface area contributed by atoms with Crippen molar-refractivity contribution in [3.05, 3.63) is 60.8 Å². The molecular weight excluding hydrogens is 465 g/mol. The molecule has 2 rings (SSSR count). The summed E-state index contributed by atoms with van der Waals surface area (Å²) in [6.45, 7) is 0. The zero-order valence-corrected chi connectivity index (χ0v) is 16.1. The van der Waals surface area contributed by atoms with Gasteiger partial charge in [0.15, 0.2) is 5.75 Å². The molecular formula is C16H12Br2FNO5. The number of benzene rings is 2. The number of esters is 1. The molecule has 0 spiro atoms. The highest BCUT2D eigenvalue weighted by atomic mass is 79.9. The van der Waals surface area contributed by atoms with Gasteiger partial charge >= 0.3 is 5.97 Å². The van der Waals surface area contributed by atoms with E-state index in [0.29, 0.717) is 15.8 Å². The Morgan fingerprint density at radius 3 is 2.48 bits per heavy atom. The van der Waals surface area contributed by atoms with Crippen molar-refractivity contribution in [2.75, 3.05) is 7.11 Å². The molecule has 0 unspecified atom stereocenters. The molecule has 0 saturated heterocycles. The van der Waals surface area contributed by atoms with E-state index >= 15 is 0 Å². The summed E-state index contributed by atoms with van der Waals surface area (Å²) in [4.78, 5) is 21.3. The van der Waals surface area contributed by atoms with Crippen LogP contribution in [0.4, 0.5) is 10.1 Å². The smallest absolute Gasteiger partial charge is 0.305 e. The molecule has 132 valence electrons. The zero-order valence-electron chi connectivity index (χ0n) is 12.9. The molecule has 0 heterocycles. The molecule has 0 aromatic heterocycles. The SMILES string of the molecule is COC(=O)CCc1cc(Br)c(Oc2ccc([N+](=O)[O-])cc2)c(Br)c1F. The van der Waals surface area contributed by atoms with E-state index in [9.17, 15) is 19.3 Å². The number of nitro benzene ring substituents is 1. The number of rotatable bonds is 6. The number of ether oxygens (including phenoxy) is 2. The fourth-order valence-electron chi connectivity index (χ4n) is 2.00. The zero-order chi connectivity index (χ0) is 18.6. The minimum absolute atomic E-state index is 0.0505. The first-order chi connectivity index (χ1) is 11.8. The number of carbonyl (C=O) groups excluding carboxylic acids is 1. The lowest BCUT2D eigenvalue weighted by molar-refractivity contribution is -0.384. The second-order valence-electron chi connectivity index (χ2n) is 4.90. The van der Waals surface area contributed by atoms with Crippen molar-refractivity contribution in [1.29, 1.82) is 0 Å². The maximum Gasteiger partial charge on any atom is 0.305 e. The Kier molecular flexibility index (Phi) is 6.49. The summed E-state index contributed by atoms with van der Waals surface area (Å²) >= 11 is 6.45. The molecule has 0 N–H and O–H groups in total. The monoisotopic (exact) mass is 475 g/mol. The second kappa shape index (κ2) is 8.39. The highest BCUT2D eigenvalue weighted by molar-refractivity contribution is 9.11. The molecule has 9 heteroatoms. The maximum absolute atomic E-state index is 14.5. The topological polar surface area (TPSA) is 78.7 Å². The third-order valence-electron chi connectivity index (χ3n) is 3.29. The van der Waals surface area contributed by atoms with E-state index in [1.165, 1.54) is 37.4 Å². The van der Waals surface area contributed by atoms with E-state index in [0.717, 1.165) is 0 Å². The standard InChI is InChI=1S/C16H12Br2FNO5/c1-24-13(21)7-2-9-8-12(17)16(14(18)15(9)19)25-11-5-3-10(4-6-11)20(22)23/h3-6,8H,2,7H2,1H3. The Morgan fingerprint density at radius 2 is 1.92 bits per heavy atom. The Hall–Kier alpha value is -2.00. The summed E-state index contributed by atoms with van der Waals surface area (Å²) in [6.07, 6.45) is 0.225. The van der Waals surface area contributed by atoms with Crippen LogP contribution in [0.3, 0.4) is 0 Å². The molecule has 0 radical (unpaired) electrons. The number of non-ortho nitro benzene ring substituents is 1. The van der Waals surface area contributed by atoms with Crippen LogP contribution in [-0.2, 0) is 16.0 Å². The Labute approximate surface area is 159 Å². The predicted molar refractivity (Wildman–Crippen MR) is 95.3 cm³/mol. The van der Waals surface area contributed by atoms with Crippen molar-refractivity contribution in [1.82, 2.24) is 0 Å². The summed E-state index contributed by atoms with van der Waals surface area (Å²) in [6, 6.07) is 6.93. The molecule has 0 amide bonds. The van der Waals surface area contributed by atoms with Crippen LogP contribution in [0.15, 0.2) is 39.3 Å².